The fraction of sp³-hybridized carbons (Fsp3) is 0.150. The zero-order valence-corrected chi connectivity index (χ0v) is 18.3. The van der Waals surface area contributed by atoms with Gasteiger partial charge in [0.1, 0.15) is 0 Å². The first-order chi connectivity index (χ1) is 13.4. The monoisotopic (exact) mass is 475 g/mol. The molecule has 0 bridgehead atoms. The lowest BCUT2D eigenvalue weighted by atomic mass is 10.2. The number of thiocarbonyl (C=S) groups is 1. The standard InChI is InChI=1S/C20H18BrN3O2S2/c1-13-5-7-16(8-6-13)23-19(27)22-9-10-24-18(25)17(28-20(24)26)12-14-3-2-4-15(21)11-14/h2-8,11-12H,9-10H2,1H3,(H2,22,23,27)/b17-12-. The summed E-state index contributed by atoms with van der Waals surface area (Å²) in [6.45, 7) is 2.64. The number of carbonyl (C=O) groups is 2. The molecule has 0 atom stereocenters. The summed E-state index contributed by atoms with van der Waals surface area (Å²) in [4.78, 5) is 26.4. The first kappa shape index (κ1) is 20.6. The molecule has 1 fully saturated rings. The van der Waals surface area contributed by atoms with E-state index in [4.69, 9.17) is 12.2 Å². The van der Waals surface area contributed by atoms with Crippen molar-refractivity contribution in [2.75, 3.05) is 18.4 Å². The second-order valence-corrected chi connectivity index (χ2v) is 8.45. The van der Waals surface area contributed by atoms with E-state index in [1.165, 1.54) is 10.5 Å². The quantitative estimate of drug-likeness (QED) is 0.479. The highest BCUT2D eigenvalue weighted by Gasteiger charge is 2.34. The van der Waals surface area contributed by atoms with Crippen LogP contribution < -0.4 is 10.6 Å². The molecule has 1 aliphatic heterocycles. The molecule has 0 aliphatic carbocycles. The van der Waals surface area contributed by atoms with Gasteiger partial charge < -0.3 is 10.6 Å². The van der Waals surface area contributed by atoms with Gasteiger partial charge in [0.15, 0.2) is 5.11 Å². The summed E-state index contributed by atoms with van der Waals surface area (Å²) in [6, 6.07) is 15.4. The van der Waals surface area contributed by atoms with Gasteiger partial charge in [-0.1, -0.05) is 45.8 Å². The number of thioether (sulfide) groups is 1. The van der Waals surface area contributed by atoms with Gasteiger partial charge in [-0.15, -0.1) is 0 Å². The lowest BCUT2D eigenvalue weighted by Crippen LogP contribution is -2.38. The van der Waals surface area contributed by atoms with E-state index in [1.807, 2.05) is 55.5 Å². The van der Waals surface area contributed by atoms with Crippen LogP contribution in [0.2, 0.25) is 0 Å². The molecule has 0 saturated carbocycles. The summed E-state index contributed by atoms with van der Waals surface area (Å²) < 4.78 is 0.916. The minimum atomic E-state index is -0.283. The van der Waals surface area contributed by atoms with E-state index in [0.29, 0.717) is 16.6 Å². The minimum absolute atomic E-state index is 0.246. The molecular formula is C20H18BrN3O2S2. The zero-order valence-electron chi connectivity index (χ0n) is 15.1. The van der Waals surface area contributed by atoms with Crippen molar-refractivity contribution in [2.24, 2.45) is 0 Å². The topological polar surface area (TPSA) is 61.4 Å². The van der Waals surface area contributed by atoms with E-state index in [-0.39, 0.29) is 17.7 Å². The number of hydrogen-bond acceptors (Lipinski definition) is 4. The van der Waals surface area contributed by atoms with Crippen molar-refractivity contribution in [3.8, 4) is 0 Å². The highest BCUT2D eigenvalue weighted by molar-refractivity contribution is 9.10. The SMILES string of the molecule is Cc1ccc(NC(=S)NCCN2C(=O)S/C(=C\c3cccc(Br)c3)C2=O)cc1. The Bertz CT molecular complexity index is 945. The van der Waals surface area contributed by atoms with Crippen LogP contribution in [0.15, 0.2) is 57.9 Å². The molecule has 2 N–H and O–H groups in total. The van der Waals surface area contributed by atoms with E-state index >= 15 is 0 Å². The van der Waals surface area contributed by atoms with Crippen LogP contribution in [0, 0.1) is 6.92 Å². The summed E-state index contributed by atoms with van der Waals surface area (Å²) >= 11 is 9.61. The Labute approximate surface area is 181 Å². The first-order valence-electron chi connectivity index (χ1n) is 8.55. The molecule has 2 aromatic rings. The van der Waals surface area contributed by atoms with Gasteiger partial charge in [0.25, 0.3) is 11.1 Å². The molecule has 28 heavy (non-hydrogen) atoms. The van der Waals surface area contributed by atoms with Crippen LogP contribution in [0.1, 0.15) is 11.1 Å². The van der Waals surface area contributed by atoms with Gasteiger partial charge >= 0.3 is 0 Å². The van der Waals surface area contributed by atoms with Crippen LogP contribution in [0.25, 0.3) is 6.08 Å². The molecule has 1 aliphatic rings. The largest absolute Gasteiger partial charge is 0.361 e. The predicted octanol–water partition coefficient (Wildman–Crippen LogP) is 4.78. The molecule has 8 heteroatoms. The third-order valence-corrected chi connectivity index (χ3v) is 5.60. The Hall–Kier alpha value is -2.16. The molecular weight excluding hydrogens is 458 g/mol. The lowest BCUT2D eigenvalue weighted by molar-refractivity contribution is -0.122. The van der Waals surface area contributed by atoms with E-state index < -0.39 is 0 Å². The van der Waals surface area contributed by atoms with Crippen molar-refractivity contribution < 1.29 is 9.59 Å². The third kappa shape index (κ3) is 5.43. The molecule has 1 heterocycles. The van der Waals surface area contributed by atoms with Gasteiger partial charge in [-0.05, 0) is 66.8 Å². The van der Waals surface area contributed by atoms with Crippen LogP contribution in [0.3, 0.4) is 0 Å². The number of hydrogen-bond donors (Lipinski definition) is 2. The van der Waals surface area contributed by atoms with Gasteiger partial charge in [0.2, 0.25) is 0 Å². The number of nitrogens with zero attached hydrogens (tertiary/aromatic N) is 1. The van der Waals surface area contributed by atoms with Crippen molar-refractivity contribution in [1.29, 1.82) is 0 Å². The molecule has 2 amide bonds. The second kappa shape index (κ2) is 9.36. The highest BCUT2D eigenvalue weighted by atomic mass is 79.9. The minimum Gasteiger partial charge on any atom is -0.361 e. The fourth-order valence-electron chi connectivity index (χ4n) is 2.53. The van der Waals surface area contributed by atoms with Gasteiger partial charge in [-0.25, -0.2) is 0 Å². The van der Waals surface area contributed by atoms with E-state index in [0.717, 1.165) is 27.5 Å². The molecule has 0 unspecified atom stereocenters. The van der Waals surface area contributed by atoms with E-state index in [2.05, 4.69) is 26.6 Å². The Morgan fingerprint density at radius 3 is 2.68 bits per heavy atom. The number of carbonyl (C=O) groups excluding carboxylic acids is 2. The first-order valence-corrected chi connectivity index (χ1v) is 10.6. The van der Waals surface area contributed by atoms with Crippen molar-refractivity contribution in [3.63, 3.8) is 0 Å². The molecule has 5 nitrogen and oxygen atoms in total. The molecule has 144 valence electrons. The number of nitrogens with one attached hydrogen (secondary N) is 2. The van der Waals surface area contributed by atoms with Crippen molar-refractivity contribution >= 4 is 67.9 Å². The molecule has 3 rings (SSSR count). The van der Waals surface area contributed by atoms with Crippen LogP contribution in [0.5, 0.6) is 0 Å². The Kier molecular flexibility index (Phi) is 6.88. The molecule has 1 saturated heterocycles. The summed E-state index contributed by atoms with van der Waals surface area (Å²) in [5.74, 6) is -0.283. The number of rotatable bonds is 5. The average molecular weight is 476 g/mol. The summed E-state index contributed by atoms with van der Waals surface area (Å²) in [7, 11) is 0. The van der Waals surface area contributed by atoms with E-state index in [9.17, 15) is 9.59 Å². The zero-order chi connectivity index (χ0) is 20.1. The summed E-state index contributed by atoms with van der Waals surface area (Å²) in [5.41, 5.74) is 2.91. The molecule has 0 spiro atoms. The highest BCUT2D eigenvalue weighted by Crippen LogP contribution is 2.32. The number of imide groups is 1. The van der Waals surface area contributed by atoms with Crippen molar-refractivity contribution in [1.82, 2.24) is 10.2 Å². The van der Waals surface area contributed by atoms with Gasteiger partial charge in [0.05, 0.1) is 4.91 Å². The maximum absolute atomic E-state index is 12.5. The Morgan fingerprint density at radius 2 is 1.96 bits per heavy atom. The smallest absolute Gasteiger partial charge is 0.293 e. The number of amides is 2. The maximum Gasteiger partial charge on any atom is 0.293 e. The lowest BCUT2D eigenvalue weighted by Gasteiger charge is -2.15. The van der Waals surface area contributed by atoms with Crippen molar-refractivity contribution in [2.45, 2.75) is 6.92 Å². The van der Waals surface area contributed by atoms with Crippen molar-refractivity contribution in [3.05, 3.63) is 69.0 Å². The van der Waals surface area contributed by atoms with Crippen LogP contribution in [-0.2, 0) is 4.79 Å². The van der Waals surface area contributed by atoms with Crippen LogP contribution in [0.4, 0.5) is 10.5 Å². The molecule has 0 aromatic heterocycles. The predicted molar refractivity (Wildman–Crippen MR) is 122 cm³/mol. The number of benzene rings is 2. The normalized spacial score (nSPS) is 15.2. The number of anilines is 1. The second-order valence-electron chi connectivity index (χ2n) is 6.14. The van der Waals surface area contributed by atoms with Crippen LogP contribution in [-0.4, -0.2) is 34.2 Å². The summed E-state index contributed by atoms with van der Waals surface area (Å²) in [5, 5.41) is 6.27. The van der Waals surface area contributed by atoms with Gasteiger partial charge in [-0.2, -0.15) is 0 Å². The average Bonchev–Trinajstić information content (AvgIpc) is 2.91. The Morgan fingerprint density at radius 1 is 1.21 bits per heavy atom. The number of aryl methyl sites for hydroxylation is 1. The third-order valence-electron chi connectivity index (χ3n) is 3.95. The van der Waals surface area contributed by atoms with Gasteiger partial charge in [0, 0.05) is 23.2 Å². The number of halogens is 1. The van der Waals surface area contributed by atoms with Crippen LogP contribution >= 0.6 is 39.9 Å². The Balaban J connectivity index is 1.53. The fourth-order valence-corrected chi connectivity index (χ4v) is 4.04. The maximum atomic E-state index is 12.5. The summed E-state index contributed by atoms with van der Waals surface area (Å²) in [6.07, 6.45) is 1.73. The molecule has 2 aromatic carbocycles. The molecule has 0 radical (unpaired) electrons. The van der Waals surface area contributed by atoms with Gasteiger partial charge in [-0.3, -0.25) is 14.5 Å². The van der Waals surface area contributed by atoms with E-state index in [1.54, 1.807) is 6.08 Å².